The van der Waals surface area contributed by atoms with E-state index in [1.807, 2.05) is 76.9 Å². The summed E-state index contributed by atoms with van der Waals surface area (Å²) in [4.78, 5) is 1.10. The van der Waals surface area contributed by atoms with Crippen LogP contribution in [0.5, 0.6) is 0 Å². The molecule has 26 heavy (non-hydrogen) atoms. The number of halogens is 1. The van der Waals surface area contributed by atoms with Crippen LogP contribution in [0.25, 0.3) is 16.3 Å². The first-order valence-corrected chi connectivity index (χ1v) is 9.29. The van der Waals surface area contributed by atoms with Crippen LogP contribution in [0.2, 0.25) is 5.02 Å². The smallest absolute Gasteiger partial charge is 0.112 e. The number of hydrazone groups is 1. The summed E-state index contributed by atoms with van der Waals surface area (Å²) in [5.41, 5.74) is 6.69. The van der Waals surface area contributed by atoms with Gasteiger partial charge < -0.3 is 0 Å². The molecule has 0 amide bonds. The number of aromatic nitrogens is 2. The maximum Gasteiger partial charge on any atom is 0.112 e. The predicted molar refractivity (Wildman–Crippen MR) is 110 cm³/mol. The summed E-state index contributed by atoms with van der Waals surface area (Å²) in [7, 11) is 0. The zero-order valence-corrected chi connectivity index (χ0v) is 15.3. The number of benzene rings is 2. The fourth-order valence-electron chi connectivity index (χ4n) is 2.53. The first-order valence-electron chi connectivity index (χ1n) is 8.03. The van der Waals surface area contributed by atoms with E-state index in [9.17, 15) is 0 Å². The van der Waals surface area contributed by atoms with E-state index in [4.69, 9.17) is 16.7 Å². The largest absolute Gasteiger partial charge is 0.278 e. The molecule has 0 saturated heterocycles. The lowest BCUT2D eigenvalue weighted by atomic mass is 10.2. The quantitative estimate of drug-likeness (QED) is 0.357. The van der Waals surface area contributed by atoms with Crippen LogP contribution in [0.15, 0.2) is 83.4 Å². The topological polar surface area (TPSA) is 42.2 Å². The maximum absolute atomic E-state index is 6.00. The monoisotopic (exact) mass is 378 g/mol. The molecule has 2 aromatic carbocycles. The lowest BCUT2D eigenvalue weighted by molar-refractivity contribution is 0.885. The zero-order chi connectivity index (χ0) is 17.8. The Morgan fingerprint density at radius 2 is 1.92 bits per heavy atom. The second kappa shape index (κ2) is 7.56. The van der Waals surface area contributed by atoms with E-state index in [1.54, 1.807) is 17.6 Å². The molecule has 4 rings (SSSR count). The second-order valence-corrected chi connectivity index (χ2v) is 6.95. The first-order chi connectivity index (χ1) is 12.8. The number of rotatable bonds is 5. The molecule has 0 aliphatic heterocycles. The molecular weight excluding hydrogens is 364 g/mol. The molecule has 0 spiro atoms. The Hall–Kier alpha value is -2.89. The fourth-order valence-corrected chi connectivity index (χ4v) is 3.46. The number of nitrogens with zero attached hydrogens (tertiary/aromatic N) is 3. The molecular formula is C20H15ClN4S. The number of para-hydroxylation sites is 1. The van der Waals surface area contributed by atoms with Gasteiger partial charge in [0.2, 0.25) is 0 Å². The van der Waals surface area contributed by atoms with Gasteiger partial charge in [0.05, 0.1) is 22.5 Å². The third-order valence-corrected chi connectivity index (χ3v) is 4.85. The van der Waals surface area contributed by atoms with Crippen molar-refractivity contribution in [2.75, 3.05) is 5.43 Å². The van der Waals surface area contributed by atoms with Gasteiger partial charge in [-0.05, 0) is 41.8 Å². The van der Waals surface area contributed by atoms with Crippen molar-refractivity contribution in [3.63, 3.8) is 0 Å². The van der Waals surface area contributed by atoms with Gasteiger partial charge in [0.25, 0.3) is 0 Å². The van der Waals surface area contributed by atoms with E-state index in [0.29, 0.717) is 5.02 Å². The molecule has 0 radical (unpaired) electrons. The molecule has 4 nitrogen and oxygen atoms in total. The lowest BCUT2D eigenvalue weighted by Gasteiger charge is -1.99. The van der Waals surface area contributed by atoms with E-state index >= 15 is 0 Å². The summed E-state index contributed by atoms with van der Waals surface area (Å²) in [6.07, 6.45) is 3.76. The first kappa shape index (κ1) is 16.6. The van der Waals surface area contributed by atoms with Crippen molar-refractivity contribution in [1.82, 2.24) is 9.78 Å². The highest BCUT2D eigenvalue weighted by Crippen LogP contribution is 2.27. The van der Waals surface area contributed by atoms with Gasteiger partial charge in [0, 0.05) is 16.8 Å². The summed E-state index contributed by atoms with van der Waals surface area (Å²) >= 11 is 7.66. The van der Waals surface area contributed by atoms with Gasteiger partial charge in [-0.3, -0.25) is 5.43 Å². The number of thiophene rings is 1. The lowest BCUT2D eigenvalue weighted by Crippen LogP contribution is -1.93. The number of hydrogen-bond acceptors (Lipinski definition) is 4. The second-order valence-electron chi connectivity index (χ2n) is 5.57. The van der Waals surface area contributed by atoms with Gasteiger partial charge >= 0.3 is 0 Å². The molecule has 0 fully saturated rings. The highest BCUT2D eigenvalue weighted by molar-refractivity contribution is 7.13. The van der Waals surface area contributed by atoms with E-state index in [-0.39, 0.29) is 0 Å². The van der Waals surface area contributed by atoms with Gasteiger partial charge in [-0.15, -0.1) is 11.3 Å². The molecule has 0 saturated carbocycles. The minimum atomic E-state index is 0.668. The third-order valence-electron chi connectivity index (χ3n) is 3.74. The summed E-state index contributed by atoms with van der Waals surface area (Å²) in [5.74, 6) is 0. The van der Waals surface area contributed by atoms with Gasteiger partial charge in [-0.1, -0.05) is 41.9 Å². The Morgan fingerprint density at radius 3 is 2.69 bits per heavy atom. The Kier molecular flexibility index (Phi) is 4.82. The molecule has 128 valence electrons. The van der Waals surface area contributed by atoms with Crippen molar-refractivity contribution in [3.8, 4) is 16.3 Å². The Bertz CT molecular complexity index is 1020. The number of nitrogens with one attached hydrogen (secondary N) is 1. The maximum atomic E-state index is 6.00. The van der Waals surface area contributed by atoms with Gasteiger partial charge in [0.1, 0.15) is 5.69 Å². The molecule has 0 aliphatic carbocycles. The zero-order valence-electron chi connectivity index (χ0n) is 13.7. The van der Waals surface area contributed by atoms with Crippen LogP contribution >= 0.6 is 22.9 Å². The molecule has 4 aromatic rings. The standard InChI is InChI=1S/C20H15ClN4S/c21-16-6-4-7-17(12-16)23-22-13-15-14-25(18-8-2-1-3-9-18)24-20(15)19-10-5-11-26-19/h1-14,23H/b22-13-. The molecule has 6 heteroatoms. The van der Waals surface area contributed by atoms with Crippen LogP contribution in [-0.4, -0.2) is 16.0 Å². The van der Waals surface area contributed by atoms with Crippen molar-refractivity contribution >= 4 is 34.8 Å². The van der Waals surface area contributed by atoms with Crippen LogP contribution in [0, 0.1) is 0 Å². The van der Waals surface area contributed by atoms with Crippen molar-refractivity contribution < 1.29 is 0 Å². The summed E-state index contributed by atoms with van der Waals surface area (Å²) < 4.78 is 1.87. The highest BCUT2D eigenvalue weighted by Gasteiger charge is 2.11. The van der Waals surface area contributed by atoms with Crippen LogP contribution in [0.3, 0.4) is 0 Å². The number of hydrogen-bond donors (Lipinski definition) is 1. The van der Waals surface area contributed by atoms with Crippen molar-refractivity contribution in [3.05, 3.63) is 88.9 Å². The minimum absolute atomic E-state index is 0.668. The summed E-state index contributed by atoms with van der Waals surface area (Å²) in [6, 6.07) is 21.6. The van der Waals surface area contributed by atoms with E-state index < -0.39 is 0 Å². The molecule has 1 N–H and O–H groups in total. The van der Waals surface area contributed by atoms with Gasteiger partial charge in [0.15, 0.2) is 0 Å². The molecule has 2 heterocycles. The van der Waals surface area contributed by atoms with E-state index in [0.717, 1.165) is 27.5 Å². The van der Waals surface area contributed by atoms with Gasteiger partial charge in [-0.2, -0.15) is 10.2 Å². The predicted octanol–water partition coefficient (Wildman–Crippen LogP) is 5.70. The van der Waals surface area contributed by atoms with Crippen molar-refractivity contribution in [1.29, 1.82) is 0 Å². The van der Waals surface area contributed by atoms with Crippen LogP contribution in [0.1, 0.15) is 5.56 Å². The highest BCUT2D eigenvalue weighted by atomic mass is 35.5. The van der Waals surface area contributed by atoms with Crippen molar-refractivity contribution in [2.45, 2.75) is 0 Å². The molecule has 0 atom stereocenters. The Labute approximate surface area is 160 Å². The summed E-state index contributed by atoms with van der Waals surface area (Å²) in [6.45, 7) is 0. The average Bonchev–Trinajstić information content (AvgIpc) is 3.32. The van der Waals surface area contributed by atoms with Crippen LogP contribution in [-0.2, 0) is 0 Å². The molecule has 0 aliphatic rings. The SMILES string of the molecule is Clc1cccc(N/N=C\c2cn(-c3ccccc3)nc2-c2cccs2)c1. The number of anilines is 1. The molecule has 0 bridgehead atoms. The van der Waals surface area contributed by atoms with E-state index in [1.165, 1.54) is 0 Å². The minimum Gasteiger partial charge on any atom is -0.278 e. The molecule has 2 aromatic heterocycles. The Morgan fingerprint density at radius 1 is 1.04 bits per heavy atom. The van der Waals surface area contributed by atoms with Crippen molar-refractivity contribution in [2.24, 2.45) is 5.10 Å². The third kappa shape index (κ3) is 3.69. The van der Waals surface area contributed by atoms with Crippen LogP contribution < -0.4 is 5.43 Å². The Balaban J connectivity index is 1.65. The van der Waals surface area contributed by atoms with E-state index in [2.05, 4.69) is 16.6 Å². The summed E-state index contributed by atoms with van der Waals surface area (Å²) in [5, 5.41) is 11.8. The van der Waals surface area contributed by atoms with Gasteiger partial charge in [-0.25, -0.2) is 4.68 Å². The van der Waals surface area contributed by atoms with Crippen LogP contribution in [0.4, 0.5) is 5.69 Å². The fraction of sp³-hybridized carbons (Fsp3) is 0. The molecule has 0 unspecified atom stereocenters. The normalized spacial score (nSPS) is 11.1. The average molecular weight is 379 g/mol.